The van der Waals surface area contributed by atoms with E-state index in [4.69, 9.17) is 0 Å². The maximum absolute atomic E-state index is 10.5. The van der Waals surface area contributed by atoms with Gasteiger partial charge in [0, 0.05) is 0 Å². The molecule has 0 amide bonds. The molecule has 2 aliphatic rings. The van der Waals surface area contributed by atoms with Crippen molar-refractivity contribution < 1.29 is 14.4 Å². The molecular weight excluding hydrogens is 282 g/mol. The van der Waals surface area contributed by atoms with Crippen LogP contribution in [0.1, 0.15) is 39.0 Å². The summed E-state index contributed by atoms with van der Waals surface area (Å²) in [4.78, 5) is 42.4. The van der Waals surface area contributed by atoms with Crippen LogP contribution in [0.25, 0.3) is 0 Å². The van der Waals surface area contributed by atoms with Gasteiger partial charge in [-0.2, -0.15) is 0 Å². The van der Waals surface area contributed by atoms with Crippen molar-refractivity contribution in [2.45, 2.75) is 45.1 Å². The second-order valence-electron chi connectivity index (χ2n) is 6.69. The van der Waals surface area contributed by atoms with Crippen molar-refractivity contribution in [3.8, 4) is 0 Å². The molecular formula is C16H21N3O3. The van der Waals surface area contributed by atoms with Crippen molar-refractivity contribution in [3.05, 3.63) is 0 Å². The molecule has 0 aromatic rings. The second kappa shape index (κ2) is 7.42. The van der Waals surface area contributed by atoms with Gasteiger partial charge in [0.05, 0.1) is 19.1 Å². The molecule has 0 spiro atoms. The van der Waals surface area contributed by atoms with Gasteiger partial charge in [0.2, 0.25) is 18.2 Å². The van der Waals surface area contributed by atoms with E-state index in [9.17, 15) is 14.4 Å². The van der Waals surface area contributed by atoms with Crippen LogP contribution in [0.5, 0.6) is 0 Å². The first-order valence-corrected chi connectivity index (χ1v) is 7.79. The van der Waals surface area contributed by atoms with Crippen LogP contribution in [-0.2, 0) is 14.4 Å². The summed E-state index contributed by atoms with van der Waals surface area (Å²) in [5.74, 6) is 1.48. The molecule has 0 heterocycles. The molecule has 2 rings (SSSR count). The molecule has 5 unspecified atom stereocenters. The summed E-state index contributed by atoms with van der Waals surface area (Å²) in [7, 11) is 0. The van der Waals surface area contributed by atoms with Crippen LogP contribution in [0.15, 0.2) is 15.0 Å². The van der Waals surface area contributed by atoms with E-state index in [0.29, 0.717) is 30.8 Å². The van der Waals surface area contributed by atoms with E-state index >= 15 is 0 Å². The predicted octanol–water partition coefficient (Wildman–Crippen LogP) is 2.20. The Labute approximate surface area is 129 Å². The van der Waals surface area contributed by atoms with Gasteiger partial charge < -0.3 is 0 Å². The van der Waals surface area contributed by atoms with Crippen LogP contribution < -0.4 is 0 Å². The largest absolute Gasteiger partial charge is 0.235 e. The van der Waals surface area contributed by atoms with Crippen molar-refractivity contribution in [1.82, 2.24) is 0 Å². The Kier molecular flexibility index (Phi) is 5.57. The highest BCUT2D eigenvalue weighted by Crippen LogP contribution is 2.63. The average molecular weight is 303 g/mol. The summed E-state index contributed by atoms with van der Waals surface area (Å²) < 4.78 is 0. The maximum atomic E-state index is 10.5. The fraction of sp³-hybridized carbons (Fsp3) is 0.812. The summed E-state index contributed by atoms with van der Waals surface area (Å²) in [6.45, 7) is 2.97. The van der Waals surface area contributed by atoms with Gasteiger partial charge in [-0.15, -0.1) is 0 Å². The first kappa shape index (κ1) is 16.5. The first-order chi connectivity index (χ1) is 10.6. The first-order valence-electron chi connectivity index (χ1n) is 7.79. The Balaban J connectivity index is 2.10. The van der Waals surface area contributed by atoms with Gasteiger partial charge in [-0.25, -0.2) is 29.4 Å². The van der Waals surface area contributed by atoms with E-state index in [-0.39, 0.29) is 11.5 Å². The standard InChI is InChI=1S/C16H21N3O3/c1-12(19-11-22)5-16-6-13(2-3-17-9-20)14(7-16)4-15(16)8-18-10-21/h12-15H,2-8H2,1H3. The van der Waals surface area contributed by atoms with Gasteiger partial charge >= 0.3 is 0 Å². The zero-order valence-electron chi connectivity index (χ0n) is 12.8. The van der Waals surface area contributed by atoms with Gasteiger partial charge in [-0.1, -0.05) is 0 Å². The Morgan fingerprint density at radius 3 is 2.59 bits per heavy atom. The average Bonchev–Trinajstić information content (AvgIpc) is 2.99. The molecule has 2 aliphatic carbocycles. The normalized spacial score (nSPS) is 33.4. The van der Waals surface area contributed by atoms with Crippen molar-refractivity contribution in [3.63, 3.8) is 0 Å². The number of isocyanates is 3. The minimum absolute atomic E-state index is 0.0642. The zero-order chi connectivity index (χ0) is 16.0. The molecule has 0 aromatic heterocycles. The fourth-order valence-corrected chi connectivity index (χ4v) is 4.77. The predicted molar refractivity (Wildman–Crippen MR) is 79.5 cm³/mol. The number of hydrogen-bond donors (Lipinski definition) is 0. The molecule has 6 nitrogen and oxygen atoms in total. The number of fused-ring (bicyclic) bond motifs is 2. The molecule has 2 saturated carbocycles. The molecule has 0 radical (unpaired) electrons. The lowest BCUT2D eigenvalue weighted by molar-refractivity contribution is 0.134. The smallest absolute Gasteiger partial charge is 0.211 e. The summed E-state index contributed by atoms with van der Waals surface area (Å²) in [6.07, 6.45) is 9.74. The number of rotatable bonds is 8. The van der Waals surface area contributed by atoms with Crippen molar-refractivity contribution >= 4 is 18.2 Å². The Hall–Kier alpha value is -1.86. The SMILES string of the molecule is CC(CC12CC(CCN=C=O)C(CC1CN=C=O)C2)N=C=O. The van der Waals surface area contributed by atoms with Crippen LogP contribution in [-0.4, -0.2) is 37.4 Å². The molecule has 2 fully saturated rings. The highest BCUT2D eigenvalue weighted by Gasteiger charge is 2.55. The molecule has 0 aliphatic heterocycles. The van der Waals surface area contributed by atoms with E-state index in [1.54, 1.807) is 18.2 Å². The van der Waals surface area contributed by atoms with Gasteiger partial charge in [0.1, 0.15) is 0 Å². The number of carbonyl (C=O) groups excluding carboxylic acids is 3. The minimum atomic E-state index is -0.0642. The Bertz CT molecular complexity index is 545. The van der Waals surface area contributed by atoms with Crippen molar-refractivity contribution in [1.29, 1.82) is 0 Å². The lowest BCUT2D eigenvalue weighted by atomic mass is 9.68. The third-order valence-electron chi connectivity index (χ3n) is 5.48. The summed E-state index contributed by atoms with van der Waals surface area (Å²) in [5, 5.41) is 0. The van der Waals surface area contributed by atoms with E-state index in [1.807, 2.05) is 6.92 Å². The number of aliphatic imine (C=N–C) groups is 3. The van der Waals surface area contributed by atoms with Crippen LogP contribution in [0.4, 0.5) is 0 Å². The molecule has 5 atom stereocenters. The van der Waals surface area contributed by atoms with Gasteiger partial charge in [-0.05, 0) is 62.2 Å². The number of nitrogens with zero attached hydrogens (tertiary/aromatic N) is 3. The topological polar surface area (TPSA) is 88.3 Å². The molecule has 6 heteroatoms. The zero-order valence-corrected chi connectivity index (χ0v) is 12.8. The van der Waals surface area contributed by atoms with Gasteiger partial charge in [0.25, 0.3) is 0 Å². The molecule has 0 saturated heterocycles. The molecule has 2 bridgehead atoms. The van der Waals surface area contributed by atoms with Gasteiger partial charge in [-0.3, -0.25) is 0 Å². The highest BCUT2D eigenvalue weighted by atomic mass is 16.1. The minimum Gasteiger partial charge on any atom is -0.211 e. The van der Waals surface area contributed by atoms with E-state index in [0.717, 1.165) is 32.1 Å². The molecule has 0 N–H and O–H groups in total. The third-order valence-corrected chi connectivity index (χ3v) is 5.48. The van der Waals surface area contributed by atoms with E-state index in [1.165, 1.54) is 0 Å². The summed E-state index contributed by atoms with van der Waals surface area (Å²) in [5.41, 5.74) is 0.0837. The highest BCUT2D eigenvalue weighted by molar-refractivity contribution is 5.34. The molecule has 0 aromatic carbocycles. The molecule has 118 valence electrons. The van der Waals surface area contributed by atoms with Crippen LogP contribution in [0, 0.1) is 23.2 Å². The lowest BCUT2D eigenvalue weighted by Gasteiger charge is -2.37. The maximum Gasteiger partial charge on any atom is 0.235 e. The van der Waals surface area contributed by atoms with Gasteiger partial charge in [0.15, 0.2) is 0 Å². The monoisotopic (exact) mass is 303 g/mol. The second-order valence-corrected chi connectivity index (χ2v) is 6.69. The third kappa shape index (κ3) is 3.48. The summed E-state index contributed by atoms with van der Waals surface area (Å²) >= 11 is 0. The lowest BCUT2D eigenvalue weighted by Crippen LogP contribution is -2.33. The summed E-state index contributed by atoms with van der Waals surface area (Å²) in [6, 6.07) is -0.0642. The Morgan fingerprint density at radius 2 is 1.91 bits per heavy atom. The number of hydrogen-bond acceptors (Lipinski definition) is 6. The van der Waals surface area contributed by atoms with E-state index in [2.05, 4.69) is 15.0 Å². The van der Waals surface area contributed by atoms with Crippen molar-refractivity contribution in [2.24, 2.45) is 38.1 Å². The van der Waals surface area contributed by atoms with Crippen LogP contribution >= 0.6 is 0 Å². The molecule has 22 heavy (non-hydrogen) atoms. The van der Waals surface area contributed by atoms with E-state index < -0.39 is 0 Å². The van der Waals surface area contributed by atoms with Crippen LogP contribution in [0.2, 0.25) is 0 Å². The quantitative estimate of drug-likeness (QED) is 0.508. The fourth-order valence-electron chi connectivity index (χ4n) is 4.77. The Morgan fingerprint density at radius 1 is 1.14 bits per heavy atom. The van der Waals surface area contributed by atoms with Crippen molar-refractivity contribution in [2.75, 3.05) is 13.1 Å². The van der Waals surface area contributed by atoms with Crippen LogP contribution in [0.3, 0.4) is 0 Å².